The van der Waals surface area contributed by atoms with Crippen LogP contribution >= 0.6 is 11.3 Å². The van der Waals surface area contributed by atoms with Crippen LogP contribution in [0.15, 0.2) is 24.3 Å². The van der Waals surface area contributed by atoms with Crippen LogP contribution in [-0.2, 0) is 9.59 Å². The Hall–Kier alpha value is -2.48. The van der Waals surface area contributed by atoms with Crippen molar-refractivity contribution in [2.24, 2.45) is 0 Å². The van der Waals surface area contributed by atoms with Crippen molar-refractivity contribution in [2.75, 3.05) is 12.4 Å². The lowest BCUT2D eigenvalue weighted by molar-refractivity contribution is -0.126. The zero-order valence-corrected chi connectivity index (χ0v) is 18.2. The van der Waals surface area contributed by atoms with Crippen molar-refractivity contribution in [3.05, 3.63) is 24.3 Å². The highest BCUT2D eigenvalue weighted by Gasteiger charge is 2.17. The molecule has 2 aromatic rings. The number of amides is 2. The summed E-state index contributed by atoms with van der Waals surface area (Å²) < 4.78 is 5.14. The standard InChI is InChI=1S/C21H30N4O3S/c1-4-5-6-7-8-9-10-18(26)22-15(2)19(27)23-21-25-24-20(29-21)16-11-13-17(28-3)14-12-16/h11-15H,4-10H2,1-3H3,(H,22,26)(H,23,25,27). The lowest BCUT2D eigenvalue weighted by atomic mass is 10.1. The number of carbonyl (C=O) groups is 2. The molecule has 158 valence electrons. The van der Waals surface area contributed by atoms with Crippen LogP contribution in [-0.4, -0.2) is 35.2 Å². The second kappa shape index (κ2) is 12.2. The lowest BCUT2D eigenvalue weighted by Gasteiger charge is -2.12. The van der Waals surface area contributed by atoms with Gasteiger partial charge in [0.2, 0.25) is 16.9 Å². The van der Waals surface area contributed by atoms with Crippen molar-refractivity contribution in [1.29, 1.82) is 0 Å². The Labute approximate surface area is 176 Å². The number of anilines is 1. The summed E-state index contributed by atoms with van der Waals surface area (Å²) in [6, 6.07) is 6.83. The summed E-state index contributed by atoms with van der Waals surface area (Å²) in [5, 5.41) is 14.7. The molecular formula is C21H30N4O3S. The first-order valence-corrected chi connectivity index (χ1v) is 10.9. The molecule has 2 rings (SSSR count). The van der Waals surface area contributed by atoms with Gasteiger partial charge in [-0.05, 0) is 37.6 Å². The summed E-state index contributed by atoms with van der Waals surface area (Å²) in [6.45, 7) is 3.85. The third kappa shape index (κ3) is 7.81. The van der Waals surface area contributed by atoms with Gasteiger partial charge in [0.05, 0.1) is 7.11 Å². The second-order valence-corrected chi connectivity index (χ2v) is 7.91. The average molecular weight is 419 g/mol. The maximum Gasteiger partial charge on any atom is 0.248 e. The molecule has 0 fully saturated rings. The highest BCUT2D eigenvalue weighted by atomic mass is 32.1. The molecule has 0 spiro atoms. The fraction of sp³-hybridized carbons (Fsp3) is 0.524. The fourth-order valence-corrected chi connectivity index (χ4v) is 3.53. The van der Waals surface area contributed by atoms with E-state index in [1.807, 2.05) is 24.3 Å². The Morgan fingerprint density at radius 2 is 1.76 bits per heavy atom. The van der Waals surface area contributed by atoms with Gasteiger partial charge >= 0.3 is 0 Å². The Morgan fingerprint density at radius 1 is 1.07 bits per heavy atom. The third-order valence-corrected chi connectivity index (χ3v) is 5.41. The second-order valence-electron chi connectivity index (χ2n) is 6.94. The number of nitrogens with one attached hydrogen (secondary N) is 2. The zero-order valence-electron chi connectivity index (χ0n) is 17.4. The van der Waals surface area contributed by atoms with Gasteiger partial charge in [-0.2, -0.15) is 0 Å². The van der Waals surface area contributed by atoms with E-state index in [4.69, 9.17) is 4.74 Å². The number of hydrogen-bond donors (Lipinski definition) is 2. The molecule has 1 aromatic heterocycles. The van der Waals surface area contributed by atoms with Gasteiger partial charge in [0.25, 0.3) is 0 Å². The third-order valence-electron chi connectivity index (χ3n) is 4.52. The molecule has 8 heteroatoms. The van der Waals surface area contributed by atoms with Crippen LogP contribution in [0.1, 0.15) is 58.8 Å². The van der Waals surface area contributed by atoms with Gasteiger partial charge < -0.3 is 10.1 Å². The van der Waals surface area contributed by atoms with E-state index in [1.54, 1.807) is 14.0 Å². The molecule has 1 atom stereocenters. The van der Waals surface area contributed by atoms with E-state index in [0.717, 1.165) is 30.6 Å². The van der Waals surface area contributed by atoms with Crippen molar-refractivity contribution in [3.63, 3.8) is 0 Å². The van der Waals surface area contributed by atoms with E-state index in [1.165, 1.54) is 30.6 Å². The smallest absolute Gasteiger partial charge is 0.248 e. The van der Waals surface area contributed by atoms with Crippen LogP contribution < -0.4 is 15.4 Å². The Bertz CT molecular complexity index is 776. The number of unbranched alkanes of at least 4 members (excludes halogenated alkanes) is 5. The van der Waals surface area contributed by atoms with Crippen LogP contribution in [0.25, 0.3) is 10.6 Å². The molecule has 0 aliphatic rings. The summed E-state index contributed by atoms with van der Waals surface area (Å²) in [4.78, 5) is 24.3. The van der Waals surface area contributed by atoms with E-state index < -0.39 is 6.04 Å². The molecule has 1 unspecified atom stereocenters. The quantitative estimate of drug-likeness (QED) is 0.498. The van der Waals surface area contributed by atoms with Gasteiger partial charge in [-0.15, -0.1) is 10.2 Å². The molecule has 0 saturated heterocycles. The van der Waals surface area contributed by atoms with Gasteiger partial charge in [-0.3, -0.25) is 14.9 Å². The SMILES string of the molecule is CCCCCCCCC(=O)NC(C)C(=O)Nc1nnc(-c2ccc(OC)cc2)s1. The number of methoxy groups -OCH3 is 1. The Morgan fingerprint density at radius 3 is 2.45 bits per heavy atom. The first-order valence-electron chi connectivity index (χ1n) is 10.1. The van der Waals surface area contributed by atoms with Crippen molar-refractivity contribution in [3.8, 4) is 16.3 Å². The predicted octanol–water partition coefficient (Wildman–Crippen LogP) is 4.41. The lowest BCUT2D eigenvalue weighted by Crippen LogP contribution is -2.41. The number of ether oxygens (including phenoxy) is 1. The summed E-state index contributed by atoms with van der Waals surface area (Å²) in [5.74, 6) is 0.357. The molecule has 0 aliphatic carbocycles. The van der Waals surface area contributed by atoms with E-state index in [-0.39, 0.29) is 11.8 Å². The molecule has 7 nitrogen and oxygen atoms in total. The van der Waals surface area contributed by atoms with Crippen LogP contribution in [0.4, 0.5) is 5.13 Å². The number of rotatable bonds is 12. The number of carbonyl (C=O) groups excluding carboxylic acids is 2. The topological polar surface area (TPSA) is 93.2 Å². The van der Waals surface area contributed by atoms with Crippen LogP contribution in [0, 0.1) is 0 Å². The van der Waals surface area contributed by atoms with Gasteiger partial charge in [-0.25, -0.2) is 0 Å². The summed E-state index contributed by atoms with van der Waals surface area (Å²) in [5.41, 5.74) is 0.893. The summed E-state index contributed by atoms with van der Waals surface area (Å²) in [7, 11) is 1.61. The van der Waals surface area contributed by atoms with Gasteiger partial charge in [0, 0.05) is 12.0 Å². The van der Waals surface area contributed by atoms with E-state index in [0.29, 0.717) is 16.6 Å². The van der Waals surface area contributed by atoms with Crippen LogP contribution in [0.2, 0.25) is 0 Å². The van der Waals surface area contributed by atoms with Crippen molar-refractivity contribution in [1.82, 2.24) is 15.5 Å². The minimum atomic E-state index is -0.629. The summed E-state index contributed by atoms with van der Waals surface area (Å²) in [6.07, 6.45) is 7.18. The maximum atomic E-state index is 12.3. The molecule has 2 amide bonds. The minimum Gasteiger partial charge on any atom is -0.497 e. The molecule has 0 radical (unpaired) electrons. The van der Waals surface area contributed by atoms with Crippen LogP contribution in [0.3, 0.4) is 0 Å². The maximum absolute atomic E-state index is 12.3. The van der Waals surface area contributed by atoms with E-state index in [9.17, 15) is 9.59 Å². The average Bonchev–Trinajstić information content (AvgIpc) is 3.19. The van der Waals surface area contributed by atoms with Crippen molar-refractivity contribution < 1.29 is 14.3 Å². The number of aromatic nitrogens is 2. The minimum absolute atomic E-state index is 0.0978. The molecule has 2 N–H and O–H groups in total. The molecule has 0 saturated carbocycles. The van der Waals surface area contributed by atoms with E-state index >= 15 is 0 Å². The van der Waals surface area contributed by atoms with E-state index in [2.05, 4.69) is 27.8 Å². The van der Waals surface area contributed by atoms with Crippen molar-refractivity contribution in [2.45, 2.75) is 64.8 Å². The molecule has 0 aliphatic heterocycles. The number of benzene rings is 1. The highest BCUT2D eigenvalue weighted by Crippen LogP contribution is 2.27. The number of hydrogen-bond acceptors (Lipinski definition) is 6. The monoisotopic (exact) mass is 418 g/mol. The fourth-order valence-electron chi connectivity index (χ4n) is 2.78. The van der Waals surface area contributed by atoms with Crippen molar-refractivity contribution >= 4 is 28.3 Å². The zero-order chi connectivity index (χ0) is 21.1. The van der Waals surface area contributed by atoms with Gasteiger partial charge in [-0.1, -0.05) is 50.4 Å². The Kier molecular flexibility index (Phi) is 9.56. The predicted molar refractivity (Wildman–Crippen MR) is 116 cm³/mol. The molecule has 0 bridgehead atoms. The van der Waals surface area contributed by atoms with Crippen LogP contribution in [0.5, 0.6) is 5.75 Å². The molecule has 1 aromatic carbocycles. The first kappa shape index (κ1) is 22.8. The normalized spacial score (nSPS) is 11.7. The molecule has 29 heavy (non-hydrogen) atoms. The highest BCUT2D eigenvalue weighted by molar-refractivity contribution is 7.18. The molecular weight excluding hydrogens is 388 g/mol. The van der Waals surface area contributed by atoms with Gasteiger partial charge in [0.1, 0.15) is 16.8 Å². The largest absolute Gasteiger partial charge is 0.497 e. The number of nitrogens with zero attached hydrogens (tertiary/aromatic N) is 2. The summed E-state index contributed by atoms with van der Waals surface area (Å²) >= 11 is 1.28. The molecule has 1 heterocycles. The first-order chi connectivity index (χ1) is 14.0. The van der Waals surface area contributed by atoms with Gasteiger partial charge in [0.15, 0.2) is 0 Å². The Balaban J connectivity index is 1.76.